The molecular weight excluding hydrogens is 424 g/mol. The molecule has 4 N–H and O–H groups in total. The van der Waals surface area contributed by atoms with Crippen LogP contribution < -0.4 is 10.6 Å². The van der Waals surface area contributed by atoms with Crippen molar-refractivity contribution in [3.05, 3.63) is 77.9 Å². The standard InChI is InChI=1S/C24H24N4O5/c1-14(23(30)31)27-22(29)21(10-15-11-25-13-26-15)28-24(32)33-12-20-18-8-4-2-6-16(18)17-7-3-5-9-19(17)20/h2-9,11,13-14,20-21H,10,12H2,1H3,(H,25,26)(H,27,29)(H,28,32)(H,30,31)/t14-,21-/m1/s1. The summed E-state index contributed by atoms with van der Waals surface area (Å²) in [7, 11) is 0. The molecule has 9 heteroatoms. The van der Waals surface area contributed by atoms with Crippen molar-refractivity contribution in [1.29, 1.82) is 0 Å². The molecule has 0 fully saturated rings. The third-order valence-corrected chi connectivity index (χ3v) is 5.66. The van der Waals surface area contributed by atoms with Crippen LogP contribution in [0.3, 0.4) is 0 Å². The van der Waals surface area contributed by atoms with Gasteiger partial charge in [0, 0.05) is 24.2 Å². The number of H-pyrrole nitrogens is 1. The molecule has 3 aromatic rings. The van der Waals surface area contributed by atoms with Gasteiger partial charge in [-0.1, -0.05) is 48.5 Å². The minimum atomic E-state index is -1.18. The highest BCUT2D eigenvalue weighted by Crippen LogP contribution is 2.44. The molecule has 0 spiro atoms. The molecule has 170 valence electrons. The van der Waals surface area contributed by atoms with Gasteiger partial charge in [-0.3, -0.25) is 9.59 Å². The molecule has 0 saturated heterocycles. The Labute approximate surface area is 190 Å². The van der Waals surface area contributed by atoms with Gasteiger partial charge in [-0.15, -0.1) is 0 Å². The summed E-state index contributed by atoms with van der Waals surface area (Å²) in [4.78, 5) is 43.1. The number of alkyl carbamates (subject to hydrolysis) is 1. The summed E-state index contributed by atoms with van der Waals surface area (Å²) in [5.74, 6) is -1.92. The van der Waals surface area contributed by atoms with Crippen LogP contribution in [0.5, 0.6) is 0 Å². The third kappa shape index (κ3) is 4.87. The second kappa shape index (κ2) is 9.56. The van der Waals surface area contributed by atoms with E-state index in [1.807, 2.05) is 48.5 Å². The lowest BCUT2D eigenvalue weighted by Gasteiger charge is -2.20. The number of hydrogen-bond acceptors (Lipinski definition) is 5. The Hall–Kier alpha value is -4.14. The van der Waals surface area contributed by atoms with Gasteiger partial charge in [0.1, 0.15) is 18.7 Å². The zero-order valence-electron chi connectivity index (χ0n) is 17.9. The molecule has 0 unspecified atom stereocenters. The Morgan fingerprint density at radius 3 is 2.27 bits per heavy atom. The van der Waals surface area contributed by atoms with Crippen LogP contribution in [0, 0.1) is 0 Å². The summed E-state index contributed by atoms with van der Waals surface area (Å²) in [6.45, 7) is 1.45. The predicted octanol–water partition coefficient (Wildman–Crippen LogP) is 2.45. The summed E-state index contributed by atoms with van der Waals surface area (Å²) in [5, 5.41) is 14.0. The first-order valence-electron chi connectivity index (χ1n) is 10.6. The number of rotatable bonds is 8. The van der Waals surface area contributed by atoms with Crippen molar-refractivity contribution < 1.29 is 24.2 Å². The molecule has 2 aromatic carbocycles. The maximum absolute atomic E-state index is 12.6. The number of imidazole rings is 1. The minimum Gasteiger partial charge on any atom is -0.480 e. The van der Waals surface area contributed by atoms with Crippen molar-refractivity contribution in [2.24, 2.45) is 0 Å². The van der Waals surface area contributed by atoms with Crippen molar-refractivity contribution >= 4 is 18.0 Å². The molecule has 0 saturated carbocycles. The lowest BCUT2D eigenvalue weighted by atomic mass is 9.98. The molecule has 1 heterocycles. The van der Waals surface area contributed by atoms with Crippen LogP contribution in [0.1, 0.15) is 29.7 Å². The molecule has 0 bridgehead atoms. The average molecular weight is 448 g/mol. The van der Waals surface area contributed by atoms with Gasteiger partial charge in [0.05, 0.1) is 6.33 Å². The summed E-state index contributed by atoms with van der Waals surface area (Å²) >= 11 is 0. The van der Waals surface area contributed by atoms with E-state index in [1.165, 1.54) is 19.4 Å². The maximum atomic E-state index is 12.6. The molecule has 9 nitrogen and oxygen atoms in total. The van der Waals surface area contributed by atoms with Crippen LogP contribution in [0.15, 0.2) is 61.1 Å². The molecule has 1 aromatic heterocycles. The Morgan fingerprint density at radius 1 is 1.06 bits per heavy atom. The van der Waals surface area contributed by atoms with Crippen LogP contribution in [0.25, 0.3) is 11.1 Å². The number of fused-ring (bicyclic) bond motifs is 3. The summed E-state index contributed by atoms with van der Waals surface area (Å²) in [6.07, 6.45) is 2.32. The number of hydrogen-bond donors (Lipinski definition) is 4. The lowest BCUT2D eigenvalue weighted by molar-refractivity contribution is -0.141. The molecule has 33 heavy (non-hydrogen) atoms. The third-order valence-electron chi connectivity index (χ3n) is 5.66. The first kappa shape index (κ1) is 22.1. The molecular formula is C24H24N4O5. The van der Waals surface area contributed by atoms with Crippen molar-refractivity contribution in [1.82, 2.24) is 20.6 Å². The van der Waals surface area contributed by atoms with Crippen molar-refractivity contribution in [3.8, 4) is 11.1 Å². The Kier molecular flexibility index (Phi) is 6.39. The molecule has 0 aliphatic heterocycles. The van der Waals surface area contributed by atoms with Gasteiger partial charge in [0.15, 0.2) is 0 Å². The number of carboxylic acid groups (broad SMARTS) is 1. The van der Waals surface area contributed by atoms with E-state index in [-0.39, 0.29) is 18.9 Å². The van der Waals surface area contributed by atoms with E-state index in [1.54, 1.807) is 0 Å². The predicted molar refractivity (Wildman–Crippen MR) is 120 cm³/mol. The highest BCUT2D eigenvalue weighted by atomic mass is 16.5. The van der Waals surface area contributed by atoms with E-state index in [4.69, 9.17) is 9.84 Å². The van der Waals surface area contributed by atoms with Crippen molar-refractivity contribution in [2.75, 3.05) is 6.61 Å². The van der Waals surface area contributed by atoms with E-state index in [9.17, 15) is 14.4 Å². The smallest absolute Gasteiger partial charge is 0.407 e. The number of aromatic amines is 1. The number of nitrogens with one attached hydrogen (secondary N) is 3. The summed E-state index contributed by atoms with van der Waals surface area (Å²) in [5.41, 5.74) is 4.99. The number of amides is 2. The van der Waals surface area contributed by atoms with E-state index < -0.39 is 30.1 Å². The quantitative estimate of drug-likeness (QED) is 0.418. The molecule has 2 atom stereocenters. The Morgan fingerprint density at radius 2 is 1.70 bits per heavy atom. The number of nitrogens with zero attached hydrogens (tertiary/aromatic N) is 1. The van der Waals surface area contributed by atoms with Gasteiger partial charge >= 0.3 is 12.1 Å². The zero-order chi connectivity index (χ0) is 23.4. The first-order chi connectivity index (χ1) is 15.9. The second-order valence-electron chi connectivity index (χ2n) is 7.87. The van der Waals surface area contributed by atoms with Crippen LogP contribution in [0.2, 0.25) is 0 Å². The molecule has 0 radical (unpaired) electrons. The number of aliphatic carboxylic acids is 1. The van der Waals surface area contributed by atoms with Gasteiger partial charge in [0.25, 0.3) is 0 Å². The fourth-order valence-corrected chi connectivity index (χ4v) is 3.98. The molecule has 2 amide bonds. The van der Waals surface area contributed by atoms with Crippen LogP contribution in [-0.4, -0.2) is 51.7 Å². The first-order valence-corrected chi connectivity index (χ1v) is 10.6. The number of carbonyl (C=O) groups is 3. The number of aromatic nitrogens is 2. The van der Waals surface area contributed by atoms with Gasteiger partial charge in [-0.25, -0.2) is 9.78 Å². The number of carbonyl (C=O) groups excluding carboxylic acids is 2. The van der Waals surface area contributed by atoms with Crippen molar-refractivity contribution in [3.63, 3.8) is 0 Å². The van der Waals surface area contributed by atoms with E-state index in [2.05, 4.69) is 20.6 Å². The Balaban J connectivity index is 1.44. The number of carboxylic acids is 1. The second-order valence-corrected chi connectivity index (χ2v) is 7.87. The van der Waals surface area contributed by atoms with Gasteiger partial charge in [-0.05, 0) is 29.2 Å². The molecule has 1 aliphatic rings. The van der Waals surface area contributed by atoms with Crippen LogP contribution >= 0.6 is 0 Å². The van der Waals surface area contributed by atoms with Gasteiger partial charge in [0.2, 0.25) is 5.91 Å². The summed E-state index contributed by atoms with van der Waals surface area (Å²) in [6, 6.07) is 13.8. The van der Waals surface area contributed by atoms with Gasteiger partial charge < -0.3 is 25.5 Å². The lowest BCUT2D eigenvalue weighted by Crippen LogP contribution is -2.52. The average Bonchev–Trinajstić information content (AvgIpc) is 3.43. The molecule has 4 rings (SSSR count). The zero-order valence-corrected chi connectivity index (χ0v) is 17.9. The normalized spacial score (nSPS) is 14.0. The fourth-order valence-electron chi connectivity index (χ4n) is 3.98. The maximum Gasteiger partial charge on any atom is 0.407 e. The highest BCUT2D eigenvalue weighted by molar-refractivity contribution is 5.89. The Bertz CT molecular complexity index is 1120. The van der Waals surface area contributed by atoms with Gasteiger partial charge in [-0.2, -0.15) is 0 Å². The highest BCUT2D eigenvalue weighted by Gasteiger charge is 2.30. The van der Waals surface area contributed by atoms with E-state index >= 15 is 0 Å². The van der Waals surface area contributed by atoms with Crippen LogP contribution in [-0.2, 0) is 20.7 Å². The van der Waals surface area contributed by atoms with E-state index in [0.29, 0.717) is 5.69 Å². The largest absolute Gasteiger partial charge is 0.480 e. The van der Waals surface area contributed by atoms with Crippen molar-refractivity contribution in [2.45, 2.75) is 31.3 Å². The number of benzene rings is 2. The fraction of sp³-hybridized carbons (Fsp3) is 0.250. The summed E-state index contributed by atoms with van der Waals surface area (Å²) < 4.78 is 5.52. The topological polar surface area (TPSA) is 133 Å². The van der Waals surface area contributed by atoms with E-state index in [0.717, 1.165) is 22.3 Å². The van der Waals surface area contributed by atoms with Crippen LogP contribution in [0.4, 0.5) is 4.79 Å². The molecule has 1 aliphatic carbocycles. The number of ether oxygens (including phenoxy) is 1. The SMILES string of the molecule is C[C@@H](NC(=O)[C@@H](Cc1cnc[nH]1)NC(=O)OCC1c2ccccc2-c2ccccc21)C(=O)O. The monoisotopic (exact) mass is 448 g/mol. The minimum absolute atomic E-state index is 0.0996.